The number of nitrogens with one attached hydrogen (secondary N) is 1. The zero-order valence-electron chi connectivity index (χ0n) is 14.5. The van der Waals surface area contributed by atoms with Crippen molar-refractivity contribution in [1.29, 1.82) is 0 Å². The van der Waals surface area contributed by atoms with Gasteiger partial charge in [-0.3, -0.25) is 10.1 Å². The molecule has 0 saturated carbocycles. The fraction of sp³-hybridized carbons (Fsp3) is 0.471. The normalized spacial score (nSPS) is 10.7. The van der Waals surface area contributed by atoms with Crippen LogP contribution in [0.2, 0.25) is 0 Å². The zero-order valence-corrected chi connectivity index (χ0v) is 16.1. The Labute approximate surface area is 151 Å². The molecule has 24 heavy (non-hydrogen) atoms. The van der Waals surface area contributed by atoms with Gasteiger partial charge in [-0.1, -0.05) is 42.5 Å². The van der Waals surface area contributed by atoms with Crippen LogP contribution in [0.25, 0.3) is 0 Å². The molecule has 7 heteroatoms. The van der Waals surface area contributed by atoms with Crippen molar-refractivity contribution in [3.8, 4) is 5.75 Å². The minimum atomic E-state index is -0.227. The van der Waals surface area contributed by atoms with Crippen molar-refractivity contribution in [1.82, 2.24) is 10.2 Å². The Kier molecular flexibility index (Phi) is 7.05. The number of ether oxygens (including phenoxy) is 1. The summed E-state index contributed by atoms with van der Waals surface area (Å²) in [5.74, 6) is 1.54. The molecule has 0 spiro atoms. The second-order valence-corrected chi connectivity index (χ2v) is 7.94. The zero-order chi connectivity index (χ0) is 17.5. The highest BCUT2D eigenvalue weighted by Gasteiger charge is 2.11. The molecule has 0 atom stereocenters. The Morgan fingerprint density at radius 1 is 1.29 bits per heavy atom. The van der Waals surface area contributed by atoms with E-state index in [1.807, 2.05) is 26.8 Å². The molecule has 2 rings (SSSR count). The molecule has 2 aromatic rings. The van der Waals surface area contributed by atoms with E-state index < -0.39 is 0 Å². The lowest BCUT2D eigenvalue weighted by Gasteiger charge is -2.11. The summed E-state index contributed by atoms with van der Waals surface area (Å²) in [7, 11) is 0. The van der Waals surface area contributed by atoms with Crippen LogP contribution in [-0.4, -0.2) is 28.5 Å². The first-order chi connectivity index (χ1) is 11.5. The number of unbranched alkanes of at least 4 members (excludes halogenated alkanes) is 1. The lowest BCUT2D eigenvalue weighted by Crippen LogP contribution is -2.20. The monoisotopic (exact) mass is 365 g/mol. The van der Waals surface area contributed by atoms with Gasteiger partial charge in [0.1, 0.15) is 5.75 Å². The molecule has 0 saturated heterocycles. The van der Waals surface area contributed by atoms with Crippen LogP contribution in [0.5, 0.6) is 5.75 Å². The Morgan fingerprint density at radius 3 is 2.83 bits per heavy atom. The summed E-state index contributed by atoms with van der Waals surface area (Å²) in [5, 5.41) is 11.3. The second kappa shape index (κ2) is 9.03. The molecule has 0 bridgehead atoms. The van der Waals surface area contributed by atoms with Gasteiger partial charge in [0.05, 0.1) is 0 Å². The Bertz CT molecular complexity index is 701. The molecule has 0 radical (unpaired) electrons. The van der Waals surface area contributed by atoms with Gasteiger partial charge in [-0.25, -0.2) is 0 Å². The number of aromatic nitrogens is 2. The molecule has 0 unspecified atom stereocenters. The SMILES string of the molecule is CCCCSc1nnc(NC(=O)COc2cc(C)cc(C)c2C)s1. The molecule has 1 aromatic carbocycles. The van der Waals surface area contributed by atoms with Gasteiger partial charge in [-0.2, -0.15) is 0 Å². The molecule has 1 heterocycles. The molecule has 5 nitrogen and oxygen atoms in total. The van der Waals surface area contributed by atoms with Crippen molar-refractivity contribution < 1.29 is 9.53 Å². The number of thioether (sulfide) groups is 1. The maximum Gasteiger partial charge on any atom is 0.264 e. The van der Waals surface area contributed by atoms with Crippen LogP contribution < -0.4 is 10.1 Å². The first-order valence-electron chi connectivity index (χ1n) is 7.96. The van der Waals surface area contributed by atoms with E-state index in [2.05, 4.69) is 28.5 Å². The van der Waals surface area contributed by atoms with Gasteiger partial charge in [-0.15, -0.1) is 10.2 Å². The van der Waals surface area contributed by atoms with Crippen LogP contribution in [0, 0.1) is 20.8 Å². The van der Waals surface area contributed by atoms with Gasteiger partial charge in [0.25, 0.3) is 5.91 Å². The van der Waals surface area contributed by atoms with Crippen molar-refractivity contribution in [3.63, 3.8) is 0 Å². The Morgan fingerprint density at radius 2 is 2.08 bits per heavy atom. The van der Waals surface area contributed by atoms with E-state index in [1.165, 1.54) is 11.3 Å². The molecular weight excluding hydrogens is 342 g/mol. The molecular formula is C17H23N3O2S2. The van der Waals surface area contributed by atoms with E-state index in [0.29, 0.717) is 5.13 Å². The van der Waals surface area contributed by atoms with Crippen LogP contribution in [0.3, 0.4) is 0 Å². The van der Waals surface area contributed by atoms with Crippen LogP contribution in [0.4, 0.5) is 5.13 Å². The first kappa shape index (κ1) is 18.7. The van der Waals surface area contributed by atoms with Gasteiger partial charge in [0.2, 0.25) is 5.13 Å². The van der Waals surface area contributed by atoms with Gasteiger partial charge in [0, 0.05) is 5.75 Å². The molecule has 1 aromatic heterocycles. The third kappa shape index (κ3) is 5.49. The van der Waals surface area contributed by atoms with E-state index in [0.717, 1.165) is 45.4 Å². The Balaban J connectivity index is 1.85. The summed E-state index contributed by atoms with van der Waals surface area (Å²) in [6.07, 6.45) is 2.31. The Hall–Kier alpha value is -1.60. The number of hydrogen-bond acceptors (Lipinski definition) is 6. The highest BCUT2D eigenvalue weighted by atomic mass is 32.2. The number of nitrogens with zero attached hydrogens (tertiary/aromatic N) is 2. The fourth-order valence-corrected chi connectivity index (χ4v) is 3.99. The highest BCUT2D eigenvalue weighted by molar-refractivity contribution is 8.01. The van der Waals surface area contributed by atoms with Crippen molar-refractivity contribution >= 4 is 34.1 Å². The summed E-state index contributed by atoms with van der Waals surface area (Å²) in [6.45, 7) is 8.16. The third-order valence-corrected chi connectivity index (χ3v) is 5.56. The molecule has 0 fully saturated rings. The molecule has 1 N–H and O–H groups in total. The summed E-state index contributed by atoms with van der Waals surface area (Å²) in [4.78, 5) is 12.0. The maximum absolute atomic E-state index is 12.0. The smallest absolute Gasteiger partial charge is 0.264 e. The molecule has 0 aliphatic heterocycles. The average molecular weight is 366 g/mol. The van der Waals surface area contributed by atoms with Gasteiger partial charge < -0.3 is 4.74 Å². The standard InChI is InChI=1S/C17H23N3O2S2/c1-5-6-7-23-17-20-19-16(24-17)18-15(21)10-22-14-9-11(2)8-12(3)13(14)4/h8-9H,5-7,10H2,1-4H3,(H,18,19,21). The van der Waals surface area contributed by atoms with E-state index in [-0.39, 0.29) is 12.5 Å². The maximum atomic E-state index is 12.0. The quantitative estimate of drug-likeness (QED) is 0.427. The predicted molar refractivity (Wildman–Crippen MR) is 100 cm³/mol. The molecule has 0 aliphatic rings. The lowest BCUT2D eigenvalue weighted by molar-refractivity contribution is -0.118. The van der Waals surface area contributed by atoms with Crippen LogP contribution >= 0.6 is 23.1 Å². The topological polar surface area (TPSA) is 64.1 Å². The van der Waals surface area contributed by atoms with Crippen LogP contribution in [0.15, 0.2) is 16.5 Å². The first-order valence-corrected chi connectivity index (χ1v) is 9.76. The van der Waals surface area contributed by atoms with Crippen molar-refractivity contribution in [2.75, 3.05) is 17.7 Å². The second-order valence-electron chi connectivity index (χ2n) is 5.62. The average Bonchev–Trinajstić information content (AvgIpc) is 2.97. The summed E-state index contributed by atoms with van der Waals surface area (Å²) < 4.78 is 6.54. The summed E-state index contributed by atoms with van der Waals surface area (Å²) >= 11 is 3.07. The van der Waals surface area contributed by atoms with E-state index in [1.54, 1.807) is 11.8 Å². The van der Waals surface area contributed by atoms with Crippen molar-refractivity contribution in [2.45, 2.75) is 44.9 Å². The number of carbonyl (C=O) groups excluding carboxylic acids is 1. The van der Waals surface area contributed by atoms with Crippen molar-refractivity contribution in [2.24, 2.45) is 0 Å². The van der Waals surface area contributed by atoms with Crippen molar-refractivity contribution in [3.05, 3.63) is 28.8 Å². The van der Waals surface area contributed by atoms with E-state index in [4.69, 9.17) is 4.74 Å². The number of hydrogen-bond donors (Lipinski definition) is 1. The molecule has 0 aliphatic carbocycles. The fourth-order valence-electron chi connectivity index (χ4n) is 2.07. The van der Waals surface area contributed by atoms with Gasteiger partial charge >= 0.3 is 0 Å². The van der Waals surface area contributed by atoms with Gasteiger partial charge in [0.15, 0.2) is 10.9 Å². The largest absolute Gasteiger partial charge is 0.483 e. The molecule has 1 amide bonds. The predicted octanol–water partition coefficient (Wildman–Crippen LogP) is 4.37. The third-order valence-electron chi connectivity index (χ3n) is 3.50. The minimum Gasteiger partial charge on any atom is -0.483 e. The highest BCUT2D eigenvalue weighted by Crippen LogP contribution is 2.26. The minimum absolute atomic E-state index is 0.0401. The van der Waals surface area contributed by atoms with Gasteiger partial charge in [-0.05, 0) is 49.9 Å². The number of benzene rings is 1. The van der Waals surface area contributed by atoms with E-state index in [9.17, 15) is 4.79 Å². The summed E-state index contributed by atoms with van der Waals surface area (Å²) in [5.41, 5.74) is 3.33. The number of amides is 1. The summed E-state index contributed by atoms with van der Waals surface area (Å²) in [6, 6.07) is 4.05. The number of aryl methyl sites for hydroxylation is 2. The van der Waals surface area contributed by atoms with Crippen LogP contribution in [-0.2, 0) is 4.79 Å². The van der Waals surface area contributed by atoms with Crippen LogP contribution in [0.1, 0.15) is 36.5 Å². The van der Waals surface area contributed by atoms with E-state index >= 15 is 0 Å². The number of rotatable bonds is 8. The molecule has 130 valence electrons. The number of carbonyl (C=O) groups is 1. The number of anilines is 1. The lowest BCUT2D eigenvalue weighted by atomic mass is 10.1.